The Morgan fingerprint density at radius 3 is 2.56 bits per heavy atom. The highest BCUT2D eigenvalue weighted by Crippen LogP contribution is 2.17. The smallest absolute Gasteiger partial charge is 0.264 e. The van der Waals surface area contributed by atoms with E-state index in [-0.39, 0.29) is 18.5 Å². The van der Waals surface area contributed by atoms with E-state index in [1.807, 2.05) is 0 Å². The van der Waals surface area contributed by atoms with Gasteiger partial charge in [0.2, 0.25) is 0 Å². The van der Waals surface area contributed by atoms with Crippen LogP contribution in [-0.2, 0) is 23.8 Å². The van der Waals surface area contributed by atoms with E-state index >= 15 is 0 Å². The minimum atomic E-state index is -3.32. The fraction of sp³-hybridized carbons (Fsp3) is 0.917. The van der Waals surface area contributed by atoms with Crippen molar-refractivity contribution in [3.05, 3.63) is 0 Å². The Morgan fingerprint density at radius 1 is 1.17 bits per heavy atom. The molecule has 0 saturated heterocycles. The van der Waals surface area contributed by atoms with E-state index in [1.54, 1.807) is 0 Å². The highest BCUT2D eigenvalue weighted by Gasteiger charge is 2.22. The van der Waals surface area contributed by atoms with Crippen molar-refractivity contribution in [2.24, 2.45) is 0 Å². The molecule has 1 aliphatic rings. The zero-order valence-electron chi connectivity index (χ0n) is 10.9. The number of ketones is 1. The Kier molecular flexibility index (Phi) is 6.81. The fourth-order valence-electron chi connectivity index (χ4n) is 1.94. The molecule has 0 aromatic heterocycles. The lowest BCUT2D eigenvalue weighted by atomic mass is 9.96. The number of hydrogen-bond acceptors (Lipinski definition) is 5. The van der Waals surface area contributed by atoms with Crippen molar-refractivity contribution in [3.8, 4) is 0 Å². The molecule has 1 fully saturated rings. The zero-order chi connectivity index (χ0) is 13.4. The Labute approximate surface area is 109 Å². The van der Waals surface area contributed by atoms with Gasteiger partial charge in [0.25, 0.3) is 10.1 Å². The highest BCUT2D eigenvalue weighted by molar-refractivity contribution is 7.85. The third-order valence-electron chi connectivity index (χ3n) is 2.90. The summed E-state index contributed by atoms with van der Waals surface area (Å²) in [7, 11) is -3.32. The van der Waals surface area contributed by atoms with Gasteiger partial charge in [-0.05, 0) is 38.5 Å². The van der Waals surface area contributed by atoms with Gasteiger partial charge in [-0.2, -0.15) is 8.42 Å². The molecule has 0 amide bonds. The maximum absolute atomic E-state index is 11.5. The predicted molar refractivity (Wildman–Crippen MR) is 67.9 cm³/mol. The van der Waals surface area contributed by atoms with Crippen LogP contribution < -0.4 is 0 Å². The Balaban J connectivity index is 1.97. The molecule has 0 aromatic carbocycles. The number of hydrogen-bond donors (Lipinski definition) is 0. The third kappa shape index (κ3) is 7.08. The monoisotopic (exact) mass is 278 g/mol. The number of Topliss-reactive ketones (excluding diaryl/α,β-unsaturated/α-hetero) is 1. The molecular formula is C12H22O5S. The van der Waals surface area contributed by atoms with Crippen LogP contribution in [0.4, 0.5) is 0 Å². The second kappa shape index (κ2) is 7.86. The van der Waals surface area contributed by atoms with Crippen LogP contribution in [-0.4, -0.2) is 39.8 Å². The molecule has 6 heteroatoms. The van der Waals surface area contributed by atoms with Crippen molar-refractivity contribution < 1.29 is 22.1 Å². The van der Waals surface area contributed by atoms with Gasteiger partial charge in [-0.15, -0.1) is 0 Å². The Bertz CT molecular complexity index is 349. The molecule has 0 N–H and O–H groups in total. The molecular weight excluding hydrogens is 256 g/mol. The Hall–Kier alpha value is -0.460. The number of rotatable bonds is 8. The van der Waals surface area contributed by atoms with Crippen LogP contribution in [0.15, 0.2) is 0 Å². The van der Waals surface area contributed by atoms with Crippen molar-refractivity contribution in [2.45, 2.75) is 51.0 Å². The van der Waals surface area contributed by atoms with E-state index in [2.05, 4.69) is 4.18 Å². The zero-order valence-corrected chi connectivity index (χ0v) is 11.7. The predicted octanol–water partition coefficient (Wildman–Crippen LogP) is 1.66. The molecule has 5 nitrogen and oxygen atoms in total. The van der Waals surface area contributed by atoms with Gasteiger partial charge >= 0.3 is 0 Å². The quantitative estimate of drug-likeness (QED) is 0.499. The summed E-state index contributed by atoms with van der Waals surface area (Å²) in [6.45, 7) is 0.788. The van der Waals surface area contributed by atoms with Gasteiger partial charge in [0, 0.05) is 13.0 Å². The molecule has 0 heterocycles. The van der Waals surface area contributed by atoms with Gasteiger partial charge in [0.05, 0.1) is 12.9 Å². The van der Waals surface area contributed by atoms with Crippen LogP contribution in [0.1, 0.15) is 44.9 Å². The van der Waals surface area contributed by atoms with Crippen molar-refractivity contribution >= 4 is 15.9 Å². The van der Waals surface area contributed by atoms with Crippen molar-refractivity contribution in [1.29, 1.82) is 0 Å². The van der Waals surface area contributed by atoms with Crippen LogP contribution >= 0.6 is 0 Å². The molecule has 18 heavy (non-hydrogen) atoms. The lowest BCUT2D eigenvalue weighted by Crippen LogP contribution is -2.27. The van der Waals surface area contributed by atoms with E-state index in [0.717, 1.165) is 38.4 Å². The lowest BCUT2D eigenvalue weighted by molar-refractivity contribution is -0.133. The first-order chi connectivity index (χ1) is 8.49. The maximum Gasteiger partial charge on any atom is 0.264 e. The summed E-state index contributed by atoms with van der Waals surface area (Å²) in [6, 6.07) is 0. The largest absolute Gasteiger partial charge is 0.370 e. The van der Waals surface area contributed by atoms with Gasteiger partial charge in [-0.25, -0.2) is 0 Å². The molecule has 1 atom stereocenters. The van der Waals surface area contributed by atoms with Gasteiger partial charge in [-0.3, -0.25) is 8.98 Å². The van der Waals surface area contributed by atoms with Crippen LogP contribution in [0, 0.1) is 0 Å². The second-order valence-electron chi connectivity index (χ2n) is 4.66. The van der Waals surface area contributed by atoms with Crippen LogP contribution in [0.25, 0.3) is 0 Å². The first-order valence-electron chi connectivity index (χ1n) is 6.48. The molecule has 0 bridgehead atoms. The number of carbonyl (C=O) groups excluding carboxylic acids is 1. The van der Waals surface area contributed by atoms with Crippen molar-refractivity contribution in [3.63, 3.8) is 0 Å². The minimum Gasteiger partial charge on any atom is -0.370 e. The summed E-state index contributed by atoms with van der Waals surface area (Å²) in [5.41, 5.74) is 0. The average Bonchev–Trinajstić information content (AvgIpc) is 2.28. The summed E-state index contributed by atoms with van der Waals surface area (Å²) in [5, 5.41) is 0. The summed E-state index contributed by atoms with van der Waals surface area (Å²) in [5.74, 6) is 0.224. The number of ether oxygens (including phenoxy) is 1. The SMILES string of the molecule is CS(=O)(=O)OCCCCCOC1CCCCC1=O. The second-order valence-corrected chi connectivity index (χ2v) is 6.30. The molecule has 0 aromatic rings. The van der Waals surface area contributed by atoms with Crippen LogP contribution in [0.2, 0.25) is 0 Å². The van der Waals surface area contributed by atoms with E-state index in [9.17, 15) is 13.2 Å². The topological polar surface area (TPSA) is 69.7 Å². The standard InChI is InChI=1S/C12H22O5S/c1-18(14,15)17-10-6-2-5-9-16-12-8-4-3-7-11(12)13/h12H,2-10H2,1H3. The summed E-state index contributed by atoms with van der Waals surface area (Å²) in [4.78, 5) is 11.5. The van der Waals surface area contributed by atoms with Gasteiger partial charge in [0.15, 0.2) is 5.78 Å². The molecule has 1 saturated carbocycles. The Morgan fingerprint density at radius 2 is 1.89 bits per heavy atom. The van der Waals surface area contributed by atoms with E-state index in [1.165, 1.54) is 0 Å². The minimum absolute atomic E-state index is 0.203. The molecule has 1 rings (SSSR count). The summed E-state index contributed by atoms with van der Waals surface area (Å²) in [6.07, 6.45) is 6.75. The summed E-state index contributed by atoms with van der Waals surface area (Å²) >= 11 is 0. The molecule has 0 spiro atoms. The third-order valence-corrected chi connectivity index (χ3v) is 3.50. The van der Waals surface area contributed by atoms with Crippen LogP contribution in [0.3, 0.4) is 0 Å². The molecule has 1 aliphatic carbocycles. The molecule has 1 unspecified atom stereocenters. The van der Waals surface area contributed by atoms with Crippen molar-refractivity contribution in [2.75, 3.05) is 19.5 Å². The lowest BCUT2D eigenvalue weighted by Gasteiger charge is -2.20. The number of unbranched alkanes of at least 4 members (excludes halogenated alkanes) is 2. The fourth-order valence-corrected chi connectivity index (χ4v) is 2.36. The first kappa shape index (κ1) is 15.6. The van der Waals surface area contributed by atoms with E-state index in [0.29, 0.717) is 19.4 Å². The molecule has 0 aliphatic heterocycles. The molecule has 106 valence electrons. The van der Waals surface area contributed by atoms with Crippen molar-refractivity contribution in [1.82, 2.24) is 0 Å². The first-order valence-corrected chi connectivity index (χ1v) is 8.29. The van der Waals surface area contributed by atoms with E-state index in [4.69, 9.17) is 4.74 Å². The van der Waals surface area contributed by atoms with E-state index < -0.39 is 10.1 Å². The average molecular weight is 278 g/mol. The highest BCUT2D eigenvalue weighted by atomic mass is 32.2. The maximum atomic E-state index is 11.5. The summed E-state index contributed by atoms with van der Waals surface area (Å²) < 4.78 is 31.5. The van der Waals surface area contributed by atoms with Gasteiger partial charge in [-0.1, -0.05) is 0 Å². The normalized spacial score (nSPS) is 21.2. The molecule has 0 radical (unpaired) electrons. The van der Waals surface area contributed by atoms with Gasteiger partial charge in [0.1, 0.15) is 6.10 Å². The number of carbonyl (C=O) groups is 1. The van der Waals surface area contributed by atoms with Crippen LogP contribution in [0.5, 0.6) is 0 Å². The van der Waals surface area contributed by atoms with Gasteiger partial charge < -0.3 is 4.74 Å².